The molecule has 2 aromatic carbocycles. The van der Waals surface area contributed by atoms with Crippen LogP contribution in [-0.4, -0.2) is 22.5 Å². The van der Waals surface area contributed by atoms with Crippen LogP contribution >= 0.6 is 0 Å². The number of hydrogen-bond acceptors (Lipinski definition) is 4. The van der Waals surface area contributed by atoms with Crippen LogP contribution in [0.4, 0.5) is 0 Å². The van der Waals surface area contributed by atoms with Crippen molar-refractivity contribution in [3.8, 4) is 22.3 Å². The predicted octanol–water partition coefficient (Wildman–Crippen LogP) is 7.49. The van der Waals surface area contributed by atoms with Gasteiger partial charge in [-0.2, -0.15) is 0 Å². The SMILES string of the molecule is Cc1ccc(-c2c3nc(c(C=O)c4ccc([n-]4)c(-c4ccc(C)cc4)c4nc(c(C=O)c5ccc2[n-]5)C=C4)C=C3)cc1.[Zn+2]. The van der Waals surface area contributed by atoms with E-state index in [1.165, 1.54) is 0 Å². The van der Waals surface area contributed by atoms with Crippen LogP contribution in [0.15, 0.2) is 72.8 Å². The van der Waals surface area contributed by atoms with Gasteiger partial charge in [0, 0.05) is 11.1 Å². The molecule has 5 aromatic rings. The van der Waals surface area contributed by atoms with Crippen molar-refractivity contribution in [2.75, 3.05) is 0 Å². The van der Waals surface area contributed by atoms with Crippen LogP contribution in [0, 0.1) is 13.8 Å². The molecular weight excluding hydrogens is 586 g/mol. The van der Waals surface area contributed by atoms with Gasteiger partial charge in [0.2, 0.25) is 0 Å². The summed E-state index contributed by atoms with van der Waals surface area (Å²) < 4.78 is 0. The molecule has 7 heteroatoms. The molecule has 0 amide bonds. The van der Waals surface area contributed by atoms with E-state index >= 15 is 0 Å². The molecule has 202 valence electrons. The molecule has 2 aliphatic heterocycles. The van der Waals surface area contributed by atoms with E-state index in [9.17, 15) is 9.59 Å². The average Bonchev–Trinajstić information content (AvgIpc) is 3.82. The number of aryl methyl sites for hydroxylation is 2. The van der Waals surface area contributed by atoms with E-state index in [4.69, 9.17) is 19.9 Å². The molecule has 5 heterocycles. The average molecular weight is 610 g/mol. The van der Waals surface area contributed by atoms with Gasteiger partial charge in [-0.05, 0) is 60.4 Å². The number of aromatic nitrogens is 4. The summed E-state index contributed by atoms with van der Waals surface area (Å²) in [6.45, 7) is 4.07. The van der Waals surface area contributed by atoms with Gasteiger partial charge in [-0.3, -0.25) is 9.59 Å². The van der Waals surface area contributed by atoms with Crippen molar-refractivity contribution < 1.29 is 29.1 Å². The van der Waals surface area contributed by atoms with Crippen molar-refractivity contribution in [2.45, 2.75) is 13.8 Å². The normalized spacial score (nSPS) is 11.8. The Morgan fingerprint density at radius 1 is 0.488 bits per heavy atom. The largest absolute Gasteiger partial charge is 2.00 e. The molecule has 7 rings (SSSR count). The Bertz CT molecular complexity index is 1980. The number of rotatable bonds is 4. The minimum absolute atomic E-state index is 0. The van der Waals surface area contributed by atoms with Crippen molar-refractivity contribution in [3.63, 3.8) is 0 Å². The Labute approximate surface area is 261 Å². The van der Waals surface area contributed by atoms with E-state index in [0.29, 0.717) is 56.0 Å². The van der Waals surface area contributed by atoms with Crippen molar-refractivity contribution in [1.29, 1.82) is 0 Å². The Kier molecular flexibility index (Phi) is 7.43. The van der Waals surface area contributed by atoms with Crippen LogP contribution < -0.4 is 9.97 Å². The maximum atomic E-state index is 12.5. The van der Waals surface area contributed by atoms with Gasteiger partial charge in [-0.15, -0.1) is 22.1 Å². The molecule has 0 aliphatic carbocycles. The fourth-order valence-electron chi connectivity index (χ4n) is 5.40. The summed E-state index contributed by atoms with van der Waals surface area (Å²) in [6, 6.07) is 23.7. The third-order valence-electron chi connectivity index (χ3n) is 7.60. The third kappa shape index (κ3) is 5.02. The first kappa shape index (κ1) is 28.1. The second-order valence-corrected chi connectivity index (χ2v) is 10.4. The first-order valence-corrected chi connectivity index (χ1v) is 13.6. The standard InChI is InChI=1S/C36H25N4O2.Zn/c1-21-3-7-23(8-4-21)35-31-15-11-27(37-31)25(19-41)29-13-17-33(39-29)36(24-9-5-22(2)6-10-24)34-18-14-30(40-34)26(20-42)28-12-16-32(35)38-28;/h3-20H,1-2H3,(H-,37,38,39,40,41,42);/q-1;+2/p-1. The van der Waals surface area contributed by atoms with Gasteiger partial charge in [0.05, 0.1) is 22.8 Å². The van der Waals surface area contributed by atoms with E-state index < -0.39 is 0 Å². The Morgan fingerprint density at radius 2 is 0.837 bits per heavy atom. The minimum atomic E-state index is 0. The fourth-order valence-corrected chi connectivity index (χ4v) is 5.40. The molecule has 0 saturated carbocycles. The number of nitrogens with zero attached hydrogens (tertiary/aromatic N) is 4. The van der Waals surface area contributed by atoms with Gasteiger partial charge in [-0.25, -0.2) is 9.97 Å². The van der Waals surface area contributed by atoms with Crippen LogP contribution in [0.3, 0.4) is 0 Å². The van der Waals surface area contributed by atoms with Crippen LogP contribution in [0.2, 0.25) is 0 Å². The minimum Gasteiger partial charge on any atom is -0.657 e. The van der Waals surface area contributed by atoms with Gasteiger partial charge in [0.25, 0.3) is 0 Å². The molecule has 0 N–H and O–H groups in total. The fraction of sp³-hybridized carbons (Fsp3) is 0.0556. The van der Waals surface area contributed by atoms with Gasteiger partial charge < -0.3 is 9.97 Å². The van der Waals surface area contributed by atoms with Gasteiger partial charge >= 0.3 is 19.5 Å². The summed E-state index contributed by atoms with van der Waals surface area (Å²) in [6.07, 6.45) is 9.07. The van der Waals surface area contributed by atoms with E-state index in [0.717, 1.165) is 46.0 Å². The second kappa shape index (κ2) is 11.4. The Hall–Kier alpha value is -5.00. The van der Waals surface area contributed by atoms with E-state index in [-0.39, 0.29) is 19.5 Å². The Balaban J connectivity index is 0.00000329. The topological polar surface area (TPSA) is 88.1 Å². The summed E-state index contributed by atoms with van der Waals surface area (Å²) in [5.74, 6) is 0. The number of carbonyl (C=O) groups excluding carboxylic acids is 2. The molecule has 43 heavy (non-hydrogen) atoms. The number of hydrogen-bond donors (Lipinski definition) is 0. The van der Waals surface area contributed by atoms with Crippen LogP contribution in [0.25, 0.3) is 68.6 Å². The first-order valence-electron chi connectivity index (χ1n) is 13.6. The summed E-state index contributed by atoms with van der Waals surface area (Å²) in [4.78, 5) is 44.5. The molecule has 0 atom stereocenters. The number of benzene rings is 2. The number of aldehydes is 2. The summed E-state index contributed by atoms with van der Waals surface area (Å²) in [5, 5.41) is 0. The van der Waals surface area contributed by atoms with Crippen molar-refractivity contribution >= 4 is 58.9 Å². The van der Waals surface area contributed by atoms with Crippen molar-refractivity contribution in [1.82, 2.24) is 19.9 Å². The van der Waals surface area contributed by atoms with Gasteiger partial charge in [0.15, 0.2) is 12.6 Å². The van der Waals surface area contributed by atoms with Crippen LogP contribution in [-0.2, 0) is 19.5 Å². The zero-order chi connectivity index (χ0) is 28.8. The van der Waals surface area contributed by atoms with E-state index in [1.807, 2.05) is 111 Å². The zero-order valence-electron chi connectivity index (χ0n) is 23.7. The molecule has 0 radical (unpaired) electrons. The number of fused-ring (bicyclic) bond motifs is 8. The number of carbonyl (C=O) groups is 2. The van der Waals surface area contributed by atoms with Gasteiger partial charge in [-0.1, -0.05) is 83.9 Å². The zero-order valence-corrected chi connectivity index (χ0v) is 26.7. The van der Waals surface area contributed by atoms with Gasteiger partial charge in [0.1, 0.15) is 0 Å². The molecule has 0 spiro atoms. The van der Waals surface area contributed by atoms with E-state index in [1.54, 1.807) is 0 Å². The smallest absolute Gasteiger partial charge is 0.657 e. The second-order valence-electron chi connectivity index (χ2n) is 10.4. The van der Waals surface area contributed by atoms with E-state index in [2.05, 4.69) is 0 Å². The molecule has 6 nitrogen and oxygen atoms in total. The maximum Gasteiger partial charge on any atom is 2.00 e. The molecule has 2 aliphatic rings. The molecule has 0 unspecified atom stereocenters. The summed E-state index contributed by atoms with van der Waals surface area (Å²) >= 11 is 0. The molecule has 3 aromatic heterocycles. The van der Waals surface area contributed by atoms with Crippen molar-refractivity contribution in [3.05, 3.63) is 118 Å². The molecule has 8 bridgehead atoms. The predicted molar refractivity (Wildman–Crippen MR) is 168 cm³/mol. The van der Waals surface area contributed by atoms with Crippen LogP contribution in [0.5, 0.6) is 0 Å². The monoisotopic (exact) mass is 608 g/mol. The van der Waals surface area contributed by atoms with Crippen LogP contribution in [0.1, 0.15) is 54.6 Å². The third-order valence-corrected chi connectivity index (χ3v) is 7.60. The summed E-state index contributed by atoms with van der Waals surface area (Å²) in [5.41, 5.74) is 11.3. The Morgan fingerprint density at radius 3 is 1.21 bits per heavy atom. The summed E-state index contributed by atoms with van der Waals surface area (Å²) in [7, 11) is 0. The quantitative estimate of drug-likeness (QED) is 0.152. The molecular formula is C36H24N4O2Zn. The molecule has 0 fully saturated rings. The first-order chi connectivity index (χ1) is 20.5. The maximum absolute atomic E-state index is 12.5. The van der Waals surface area contributed by atoms with Crippen molar-refractivity contribution in [2.24, 2.45) is 0 Å². The molecule has 0 saturated heterocycles.